The fourth-order valence-corrected chi connectivity index (χ4v) is 3.53. The normalized spacial score (nSPS) is 18.1. The third-order valence-electron chi connectivity index (χ3n) is 4.87. The number of carbonyl (C=O) groups excluding carboxylic acids is 1. The highest BCUT2D eigenvalue weighted by Crippen LogP contribution is 2.41. The molecule has 1 aliphatic heterocycles. The van der Waals surface area contributed by atoms with Crippen molar-refractivity contribution in [1.82, 2.24) is 10.3 Å². The third-order valence-corrected chi connectivity index (χ3v) is 4.87. The van der Waals surface area contributed by atoms with Crippen LogP contribution in [0, 0.1) is 6.92 Å². The predicted octanol–water partition coefficient (Wildman–Crippen LogP) is 4.24. The molecule has 0 saturated carbocycles. The molecule has 3 aromatic rings. The van der Waals surface area contributed by atoms with Gasteiger partial charge in [-0.25, -0.2) is 4.79 Å². The van der Waals surface area contributed by atoms with Gasteiger partial charge >= 0.3 is 6.03 Å². The summed E-state index contributed by atoms with van der Waals surface area (Å²) in [6.45, 7) is 2.58. The topological polar surface area (TPSA) is 63.2 Å². The van der Waals surface area contributed by atoms with Gasteiger partial charge in [-0.2, -0.15) is 0 Å². The van der Waals surface area contributed by atoms with E-state index in [2.05, 4.69) is 46.8 Å². The zero-order chi connectivity index (χ0) is 18.7. The zero-order valence-corrected chi connectivity index (χ0v) is 15.1. The Bertz CT molecular complexity index is 941. The average molecular weight is 359 g/mol. The van der Waals surface area contributed by atoms with Crippen LogP contribution in [-0.2, 0) is 5.54 Å². The van der Waals surface area contributed by atoms with Gasteiger partial charge in [-0.3, -0.25) is 4.98 Å². The van der Waals surface area contributed by atoms with E-state index < -0.39 is 5.54 Å². The number of aromatic nitrogens is 1. The number of nitrogens with zero attached hydrogens (tertiary/aromatic N) is 1. The van der Waals surface area contributed by atoms with Gasteiger partial charge in [-0.05, 0) is 30.7 Å². The molecule has 2 amide bonds. The number of rotatable bonds is 3. The number of pyridine rings is 1. The van der Waals surface area contributed by atoms with E-state index in [9.17, 15) is 4.79 Å². The summed E-state index contributed by atoms with van der Waals surface area (Å²) in [4.78, 5) is 16.9. The van der Waals surface area contributed by atoms with Crippen LogP contribution >= 0.6 is 0 Å². The van der Waals surface area contributed by atoms with Crippen LogP contribution in [0.2, 0.25) is 0 Å². The van der Waals surface area contributed by atoms with E-state index in [4.69, 9.17) is 4.74 Å². The molecule has 2 aromatic carbocycles. The number of anilines is 1. The SMILES string of the molecule is Cc1ccc(C2(NC(=O)Nc3cccnc3)CCOc3ccccc32)cc1. The number of para-hydroxylation sites is 1. The lowest BCUT2D eigenvalue weighted by Gasteiger charge is -2.40. The zero-order valence-electron chi connectivity index (χ0n) is 15.1. The maximum Gasteiger partial charge on any atom is 0.320 e. The highest BCUT2D eigenvalue weighted by Gasteiger charge is 2.40. The monoisotopic (exact) mass is 359 g/mol. The van der Waals surface area contributed by atoms with E-state index in [1.807, 2.05) is 30.3 Å². The van der Waals surface area contributed by atoms with E-state index in [0.29, 0.717) is 18.7 Å². The minimum Gasteiger partial charge on any atom is -0.493 e. The second kappa shape index (κ2) is 7.11. The Kier molecular flexibility index (Phi) is 4.50. The number of urea groups is 1. The molecule has 2 N–H and O–H groups in total. The van der Waals surface area contributed by atoms with Gasteiger partial charge in [0, 0.05) is 18.2 Å². The number of fused-ring (bicyclic) bond motifs is 1. The van der Waals surface area contributed by atoms with Crippen molar-refractivity contribution >= 4 is 11.7 Å². The van der Waals surface area contributed by atoms with E-state index in [1.165, 1.54) is 5.56 Å². The van der Waals surface area contributed by atoms with Crippen molar-refractivity contribution in [3.63, 3.8) is 0 Å². The molecule has 4 rings (SSSR count). The van der Waals surface area contributed by atoms with Crippen LogP contribution in [0.25, 0.3) is 0 Å². The average Bonchev–Trinajstić information content (AvgIpc) is 2.69. The molecule has 27 heavy (non-hydrogen) atoms. The van der Waals surface area contributed by atoms with Crippen molar-refractivity contribution < 1.29 is 9.53 Å². The van der Waals surface area contributed by atoms with Gasteiger partial charge in [0.1, 0.15) is 5.75 Å². The van der Waals surface area contributed by atoms with Crippen LogP contribution in [0.4, 0.5) is 10.5 Å². The smallest absolute Gasteiger partial charge is 0.320 e. The summed E-state index contributed by atoms with van der Waals surface area (Å²) >= 11 is 0. The molecule has 5 nitrogen and oxygen atoms in total. The lowest BCUT2D eigenvalue weighted by Crippen LogP contribution is -2.51. The van der Waals surface area contributed by atoms with Gasteiger partial charge in [0.05, 0.1) is 24.0 Å². The van der Waals surface area contributed by atoms with Gasteiger partial charge in [0.25, 0.3) is 0 Å². The van der Waals surface area contributed by atoms with Crippen LogP contribution in [0.1, 0.15) is 23.1 Å². The molecule has 2 heterocycles. The summed E-state index contributed by atoms with van der Waals surface area (Å²) in [5.41, 5.74) is 3.16. The summed E-state index contributed by atoms with van der Waals surface area (Å²) in [7, 11) is 0. The molecule has 0 fully saturated rings. The Balaban J connectivity index is 1.74. The standard InChI is InChI=1S/C22H21N3O2/c1-16-8-10-17(11-9-16)22(12-14-27-20-7-3-2-6-19(20)22)25-21(26)24-18-5-4-13-23-15-18/h2-11,13,15H,12,14H2,1H3,(H2,24,25,26). The minimum absolute atomic E-state index is 0.278. The molecule has 0 saturated heterocycles. The molecule has 0 aliphatic carbocycles. The van der Waals surface area contributed by atoms with Crippen LogP contribution in [0.15, 0.2) is 73.1 Å². The van der Waals surface area contributed by atoms with Crippen molar-refractivity contribution in [3.05, 3.63) is 89.7 Å². The predicted molar refractivity (Wildman–Crippen MR) is 105 cm³/mol. The summed E-state index contributed by atoms with van der Waals surface area (Å²) in [5, 5.41) is 6.09. The van der Waals surface area contributed by atoms with E-state index in [0.717, 1.165) is 16.9 Å². The van der Waals surface area contributed by atoms with Crippen molar-refractivity contribution in [3.8, 4) is 5.75 Å². The molecule has 1 unspecified atom stereocenters. The van der Waals surface area contributed by atoms with Gasteiger partial charge < -0.3 is 15.4 Å². The highest BCUT2D eigenvalue weighted by atomic mass is 16.5. The molecule has 1 atom stereocenters. The second-order valence-electron chi connectivity index (χ2n) is 6.69. The first-order valence-electron chi connectivity index (χ1n) is 8.96. The largest absolute Gasteiger partial charge is 0.493 e. The van der Waals surface area contributed by atoms with Crippen LogP contribution in [-0.4, -0.2) is 17.6 Å². The Labute approximate surface area is 158 Å². The Morgan fingerprint density at radius 2 is 1.89 bits per heavy atom. The van der Waals surface area contributed by atoms with Gasteiger partial charge in [-0.1, -0.05) is 48.0 Å². The number of aryl methyl sites for hydroxylation is 1. The molecular weight excluding hydrogens is 338 g/mol. The first kappa shape index (κ1) is 17.1. The van der Waals surface area contributed by atoms with Crippen molar-refractivity contribution in [1.29, 1.82) is 0 Å². The fourth-order valence-electron chi connectivity index (χ4n) is 3.53. The minimum atomic E-state index is -0.658. The summed E-state index contributed by atoms with van der Waals surface area (Å²) in [6.07, 6.45) is 3.94. The molecule has 0 radical (unpaired) electrons. The first-order chi connectivity index (χ1) is 13.2. The first-order valence-corrected chi connectivity index (χ1v) is 8.96. The third kappa shape index (κ3) is 3.36. The van der Waals surface area contributed by atoms with Gasteiger partial charge in [0.15, 0.2) is 0 Å². The van der Waals surface area contributed by atoms with E-state index in [-0.39, 0.29) is 6.03 Å². The Hall–Kier alpha value is -3.34. The van der Waals surface area contributed by atoms with Gasteiger partial charge in [-0.15, -0.1) is 0 Å². The summed E-state index contributed by atoms with van der Waals surface area (Å²) in [5.74, 6) is 0.797. The van der Waals surface area contributed by atoms with E-state index in [1.54, 1.807) is 18.5 Å². The molecule has 0 bridgehead atoms. The van der Waals surface area contributed by atoms with Crippen molar-refractivity contribution in [2.24, 2.45) is 0 Å². The van der Waals surface area contributed by atoms with Crippen molar-refractivity contribution in [2.45, 2.75) is 18.9 Å². The van der Waals surface area contributed by atoms with Crippen LogP contribution < -0.4 is 15.4 Å². The van der Waals surface area contributed by atoms with Crippen LogP contribution in [0.5, 0.6) is 5.75 Å². The maximum absolute atomic E-state index is 12.8. The van der Waals surface area contributed by atoms with Crippen molar-refractivity contribution in [2.75, 3.05) is 11.9 Å². The number of ether oxygens (including phenoxy) is 1. The fraction of sp³-hybridized carbons (Fsp3) is 0.182. The number of amides is 2. The highest BCUT2D eigenvalue weighted by molar-refractivity contribution is 5.90. The lowest BCUT2D eigenvalue weighted by atomic mass is 9.78. The molecule has 136 valence electrons. The number of carbonyl (C=O) groups is 1. The van der Waals surface area contributed by atoms with E-state index >= 15 is 0 Å². The van der Waals surface area contributed by atoms with Crippen LogP contribution in [0.3, 0.4) is 0 Å². The number of benzene rings is 2. The Morgan fingerprint density at radius 1 is 1.07 bits per heavy atom. The molecule has 5 heteroatoms. The summed E-state index contributed by atoms with van der Waals surface area (Å²) in [6, 6.07) is 19.5. The number of nitrogens with one attached hydrogen (secondary N) is 2. The van der Waals surface area contributed by atoms with Gasteiger partial charge in [0.2, 0.25) is 0 Å². The quantitative estimate of drug-likeness (QED) is 0.735. The number of hydrogen-bond acceptors (Lipinski definition) is 3. The maximum atomic E-state index is 12.8. The molecule has 1 aliphatic rings. The second-order valence-corrected chi connectivity index (χ2v) is 6.69. The molecule has 1 aromatic heterocycles. The summed E-state index contributed by atoms with van der Waals surface area (Å²) < 4.78 is 5.84. The Morgan fingerprint density at radius 3 is 2.67 bits per heavy atom. The molecule has 0 spiro atoms. The molecular formula is C22H21N3O2. The lowest BCUT2D eigenvalue weighted by molar-refractivity contribution is 0.204. The number of hydrogen-bond donors (Lipinski definition) is 2.